The molecule has 1 saturated heterocycles. The molecule has 19 heavy (non-hydrogen) atoms. The highest BCUT2D eigenvalue weighted by Crippen LogP contribution is 2.32. The molecule has 0 aromatic rings. The molecule has 1 fully saturated rings. The van der Waals surface area contributed by atoms with E-state index in [-0.39, 0.29) is 17.4 Å². The van der Waals surface area contributed by atoms with Crippen LogP contribution in [0.3, 0.4) is 0 Å². The molecule has 0 radical (unpaired) electrons. The summed E-state index contributed by atoms with van der Waals surface area (Å²) in [6.07, 6.45) is 2.29. The summed E-state index contributed by atoms with van der Waals surface area (Å²) in [7, 11) is 1.68. The molecular formula is C15H30N2O2. The van der Waals surface area contributed by atoms with Crippen LogP contribution in [0.5, 0.6) is 0 Å². The Bertz CT molecular complexity index is 284. The number of amides is 1. The second kappa shape index (κ2) is 7.25. The molecule has 0 saturated carbocycles. The van der Waals surface area contributed by atoms with Crippen LogP contribution < -0.4 is 10.6 Å². The summed E-state index contributed by atoms with van der Waals surface area (Å²) in [6, 6.07) is 0.0910. The fourth-order valence-electron chi connectivity index (χ4n) is 2.59. The van der Waals surface area contributed by atoms with Crippen LogP contribution in [0.1, 0.15) is 40.5 Å². The van der Waals surface area contributed by atoms with E-state index in [2.05, 4.69) is 38.3 Å². The van der Waals surface area contributed by atoms with Crippen LogP contribution in [0.4, 0.5) is 0 Å². The largest absolute Gasteiger partial charge is 0.383 e. The lowest BCUT2D eigenvalue weighted by atomic mass is 9.74. The first kappa shape index (κ1) is 16.4. The van der Waals surface area contributed by atoms with Crippen LogP contribution in [-0.4, -0.2) is 38.8 Å². The van der Waals surface area contributed by atoms with Crippen LogP contribution in [0.25, 0.3) is 0 Å². The van der Waals surface area contributed by atoms with Gasteiger partial charge < -0.3 is 15.4 Å². The van der Waals surface area contributed by atoms with Crippen LogP contribution in [0.15, 0.2) is 0 Å². The minimum absolute atomic E-state index is 0.0910. The first-order valence-corrected chi connectivity index (χ1v) is 7.40. The highest BCUT2D eigenvalue weighted by molar-refractivity contribution is 5.82. The molecule has 112 valence electrons. The van der Waals surface area contributed by atoms with Crippen molar-refractivity contribution >= 4 is 5.91 Å². The van der Waals surface area contributed by atoms with Crippen molar-refractivity contribution in [1.29, 1.82) is 0 Å². The average molecular weight is 270 g/mol. The molecule has 0 bridgehead atoms. The normalized spacial score (nSPS) is 22.3. The average Bonchev–Trinajstić information content (AvgIpc) is 2.38. The van der Waals surface area contributed by atoms with E-state index in [9.17, 15) is 4.79 Å². The van der Waals surface area contributed by atoms with Crippen molar-refractivity contribution in [2.24, 2.45) is 17.3 Å². The third-order valence-electron chi connectivity index (χ3n) is 4.37. The van der Waals surface area contributed by atoms with Gasteiger partial charge in [0.2, 0.25) is 5.91 Å². The lowest BCUT2D eigenvalue weighted by Gasteiger charge is -2.37. The van der Waals surface area contributed by atoms with E-state index in [1.54, 1.807) is 7.11 Å². The number of piperidine rings is 1. The van der Waals surface area contributed by atoms with Crippen LogP contribution in [-0.2, 0) is 9.53 Å². The molecule has 2 unspecified atom stereocenters. The number of hydrogen-bond acceptors (Lipinski definition) is 3. The van der Waals surface area contributed by atoms with Gasteiger partial charge in [0.1, 0.15) is 0 Å². The van der Waals surface area contributed by atoms with Gasteiger partial charge in [0.05, 0.1) is 12.6 Å². The highest BCUT2D eigenvalue weighted by atomic mass is 16.5. The molecule has 0 aliphatic carbocycles. The summed E-state index contributed by atoms with van der Waals surface area (Å²) in [6.45, 7) is 10.9. The van der Waals surface area contributed by atoms with Gasteiger partial charge >= 0.3 is 0 Å². The SMILES string of the molecule is COCC(NC(=O)C(C)(C)C1CCCNC1)C(C)C. The van der Waals surface area contributed by atoms with Gasteiger partial charge in [-0.15, -0.1) is 0 Å². The smallest absolute Gasteiger partial charge is 0.226 e. The molecule has 4 heteroatoms. The molecular weight excluding hydrogens is 240 g/mol. The van der Waals surface area contributed by atoms with Gasteiger partial charge in [0, 0.05) is 12.5 Å². The molecule has 2 N–H and O–H groups in total. The summed E-state index contributed by atoms with van der Waals surface area (Å²) in [5, 5.41) is 6.56. The van der Waals surface area contributed by atoms with Crippen molar-refractivity contribution in [1.82, 2.24) is 10.6 Å². The zero-order valence-electron chi connectivity index (χ0n) is 13.1. The van der Waals surface area contributed by atoms with Crippen molar-refractivity contribution in [2.75, 3.05) is 26.8 Å². The lowest BCUT2D eigenvalue weighted by molar-refractivity contribution is -0.134. The third kappa shape index (κ3) is 4.46. The Kier molecular flexibility index (Phi) is 6.27. The van der Waals surface area contributed by atoms with Gasteiger partial charge in [-0.3, -0.25) is 4.79 Å². The fourth-order valence-corrected chi connectivity index (χ4v) is 2.59. The van der Waals surface area contributed by atoms with Crippen LogP contribution >= 0.6 is 0 Å². The molecule has 2 atom stereocenters. The van der Waals surface area contributed by atoms with Crippen molar-refractivity contribution in [3.8, 4) is 0 Å². The van der Waals surface area contributed by atoms with E-state index < -0.39 is 0 Å². The maximum Gasteiger partial charge on any atom is 0.226 e. The van der Waals surface area contributed by atoms with Gasteiger partial charge in [-0.25, -0.2) is 0 Å². The summed E-state index contributed by atoms with van der Waals surface area (Å²) in [5.41, 5.74) is -0.325. The van der Waals surface area contributed by atoms with Gasteiger partial charge in [0.25, 0.3) is 0 Å². The van der Waals surface area contributed by atoms with E-state index in [4.69, 9.17) is 4.74 Å². The van der Waals surface area contributed by atoms with E-state index in [1.165, 1.54) is 0 Å². The summed E-state index contributed by atoms with van der Waals surface area (Å²) in [4.78, 5) is 12.6. The standard InChI is InChI=1S/C15H30N2O2/c1-11(2)13(10-19-5)17-14(18)15(3,4)12-7-6-8-16-9-12/h11-13,16H,6-10H2,1-5H3,(H,17,18). The second-order valence-corrected chi connectivity index (χ2v) is 6.54. The van der Waals surface area contributed by atoms with Gasteiger partial charge in [-0.1, -0.05) is 27.7 Å². The topological polar surface area (TPSA) is 50.4 Å². The summed E-state index contributed by atoms with van der Waals surface area (Å²) < 4.78 is 5.20. The first-order valence-electron chi connectivity index (χ1n) is 7.40. The number of carbonyl (C=O) groups excluding carboxylic acids is 1. The molecule has 1 heterocycles. The third-order valence-corrected chi connectivity index (χ3v) is 4.37. The maximum atomic E-state index is 12.6. The lowest BCUT2D eigenvalue weighted by Crippen LogP contribution is -2.52. The summed E-state index contributed by atoms with van der Waals surface area (Å²) in [5.74, 6) is 0.942. The highest BCUT2D eigenvalue weighted by Gasteiger charge is 2.38. The predicted octanol–water partition coefficient (Wildman–Crippen LogP) is 1.80. The zero-order chi connectivity index (χ0) is 14.5. The predicted molar refractivity (Wildman–Crippen MR) is 78.0 cm³/mol. The van der Waals surface area contributed by atoms with E-state index in [1.807, 2.05) is 0 Å². The maximum absolute atomic E-state index is 12.6. The first-order chi connectivity index (χ1) is 8.89. The number of ether oxygens (including phenoxy) is 1. The molecule has 0 aromatic carbocycles. The van der Waals surface area contributed by atoms with Crippen molar-refractivity contribution in [3.05, 3.63) is 0 Å². The van der Waals surface area contributed by atoms with Crippen molar-refractivity contribution in [3.63, 3.8) is 0 Å². The Morgan fingerprint density at radius 3 is 2.63 bits per heavy atom. The monoisotopic (exact) mass is 270 g/mol. The number of carbonyl (C=O) groups is 1. The molecule has 1 rings (SSSR count). The minimum atomic E-state index is -0.325. The molecule has 4 nitrogen and oxygen atoms in total. The fraction of sp³-hybridized carbons (Fsp3) is 0.933. The Morgan fingerprint density at radius 2 is 2.16 bits per heavy atom. The van der Waals surface area contributed by atoms with E-state index in [0.29, 0.717) is 18.4 Å². The van der Waals surface area contributed by atoms with E-state index >= 15 is 0 Å². The minimum Gasteiger partial charge on any atom is -0.383 e. The van der Waals surface area contributed by atoms with Crippen LogP contribution in [0.2, 0.25) is 0 Å². The zero-order valence-corrected chi connectivity index (χ0v) is 13.1. The Balaban J connectivity index is 2.63. The summed E-state index contributed by atoms with van der Waals surface area (Å²) >= 11 is 0. The second-order valence-electron chi connectivity index (χ2n) is 6.54. The molecule has 0 spiro atoms. The quantitative estimate of drug-likeness (QED) is 0.774. The van der Waals surface area contributed by atoms with Gasteiger partial charge in [-0.2, -0.15) is 0 Å². The van der Waals surface area contributed by atoms with Gasteiger partial charge in [0.15, 0.2) is 0 Å². The number of nitrogens with one attached hydrogen (secondary N) is 2. The Morgan fingerprint density at radius 1 is 1.47 bits per heavy atom. The number of hydrogen-bond donors (Lipinski definition) is 2. The number of rotatable bonds is 6. The Labute approximate surface area is 117 Å². The van der Waals surface area contributed by atoms with Crippen molar-refractivity contribution in [2.45, 2.75) is 46.6 Å². The van der Waals surface area contributed by atoms with Crippen LogP contribution in [0, 0.1) is 17.3 Å². The molecule has 1 aliphatic rings. The molecule has 0 aromatic heterocycles. The number of methoxy groups -OCH3 is 1. The van der Waals surface area contributed by atoms with Crippen molar-refractivity contribution < 1.29 is 9.53 Å². The molecule has 1 aliphatic heterocycles. The molecule has 1 amide bonds. The van der Waals surface area contributed by atoms with Gasteiger partial charge in [-0.05, 0) is 37.8 Å². The van der Waals surface area contributed by atoms with E-state index in [0.717, 1.165) is 25.9 Å². The Hall–Kier alpha value is -0.610.